The minimum atomic E-state index is 0.140. The summed E-state index contributed by atoms with van der Waals surface area (Å²) in [5, 5.41) is 10.9. The van der Waals surface area contributed by atoms with Crippen molar-refractivity contribution in [1.82, 2.24) is 5.32 Å². The summed E-state index contributed by atoms with van der Waals surface area (Å²) in [6.45, 7) is 10.8. The molecule has 0 rings (SSSR count). The van der Waals surface area contributed by atoms with E-state index in [0.717, 1.165) is 18.5 Å². The highest BCUT2D eigenvalue weighted by Crippen LogP contribution is 2.22. The molecule has 0 saturated carbocycles. The molecule has 0 aliphatic heterocycles. The van der Waals surface area contributed by atoms with Gasteiger partial charge >= 0.3 is 0 Å². The summed E-state index contributed by atoms with van der Waals surface area (Å²) in [7, 11) is 0. The van der Waals surface area contributed by atoms with Crippen molar-refractivity contribution in [2.24, 2.45) is 5.41 Å². The van der Waals surface area contributed by atoms with Crippen LogP contribution in [0.3, 0.4) is 0 Å². The standard InChI is InChI=1S/C9H16N2/c1-8(2)5-9(3,4)6-11-7-10/h11H,1,5-6H2,2-4H3. The predicted octanol–water partition coefficient (Wildman–Crippen LogP) is 2.05. The third-order valence-electron chi connectivity index (χ3n) is 1.43. The molecule has 0 spiro atoms. The lowest BCUT2D eigenvalue weighted by Crippen LogP contribution is -2.26. The molecule has 0 amide bonds. The van der Waals surface area contributed by atoms with Gasteiger partial charge in [-0.3, -0.25) is 0 Å². The zero-order chi connectivity index (χ0) is 8.91. The lowest BCUT2D eigenvalue weighted by atomic mass is 9.86. The van der Waals surface area contributed by atoms with Crippen LogP contribution in [0.25, 0.3) is 0 Å². The molecule has 0 aromatic rings. The Hall–Kier alpha value is -0.970. The Kier molecular flexibility index (Phi) is 3.67. The Morgan fingerprint density at radius 2 is 2.18 bits per heavy atom. The lowest BCUT2D eigenvalue weighted by Gasteiger charge is -2.23. The SMILES string of the molecule is C=C(C)CC(C)(C)CNC#N. The van der Waals surface area contributed by atoms with Gasteiger partial charge in [-0.1, -0.05) is 19.4 Å². The number of nitrogens with one attached hydrogen (secondary N) is 1. The maximum atomic E-state index is 8.28. The molecule has 2 heteroatoms. The largest absolute Gasteiger partial charge is 0.323 e. The van der Waals surface area contributed by atoms with Crippen molar-refractivity contribution in [2.75, 3.05) is 6.54 Å². The molecule has 0 heterocycles. The molecule has 62 valence electrons. The summed E-state index contributed by atoms with van der Waals surface area (Å²) in [4.78, 5) is 0. The number of hydrogen-bond acceptors (Lipinski definition) is 2. The first-order chi connectivity index (χ1) is 4.98. The van der Waals surface area contributed by atoms with E-state index in [4.69, 9.17) is 5.26 Å². The normalized spacial score (nSPS) is 10.4. The second kappa shape index (κ2) is 4.02. The van der Waals surface area contributed by atoms with E-state index < -0.39 is 0 Å². The van der Waals surface area contributed by atoms with Crippen LogP contribution in [0.1, 0.15) is 27.2 Å². The van der Waals surface area contributed by atoms with Crippen LogP contribution in [0, 0.1) is 16.9 Å². The summed E-state index contributed by atoms with van der Waals surface area (Å²) in [6, 6.07) is 0. The second-order valence-corrected chi connectivity index (χ2v) is 3.76. The third kappa shape index (κ3) is 5.47. The van der Waals surface area contributed by atoms with Crippen LogP contribution in [0.15, 0.2) is 12.2 Å². The van der Waals surface area contributed by atoms with Gasteiger partial charge in [0.1, 0.15) is 0 Å². The van der Waals surface area contributed by atoms with E-state index in [1.165, 1.54) is 0 Å². The molecule has 0 radical (unpaired) electrons. The highest BCUT2D eigenvalue weighted by atomic mass is 14.9. The van der Waals surface area contributed by atoms with Gasteiger partial charge in [-0.05, 0) is 18.8 Å². The first kappa shape index (κ1) is 10.0. The van der Waals surface area contributed by atoms with Crippen molar-refractivity contribution in [3.05, 3.63) is 12.2 Å². The minimum absolute atomic E-state index is 0.140. The maximum Gasteiger partial charge on any atom is 0.176 e. The van der Waals surface area contributed by atoms with E-state index in [0.29, 0.717) is 0 Å². The van der Waals surface area contributed by atoms with E-state index in [2.05, 4.69) is 25.7 Å². The average Bonchev–Trinajstić information content (AvgIpc) is 1.81. The first-order valence-electron chi connectivity index (χ1n) is 3.74. The Morgan fingerprint density at radius 3 is 2.55 bits per heavy atom. The molecule has 11 heavy (non-hydrogen) atoms. The van der Waals surface area contributed by atoms with Crippen molar-refractivity contribution >= 4 is 0 Å². The summed E-state index contributed by atoms with van der Waals surface area (Å²) in [5.41, 5.74) is 1.30. The molecule has 0 aromatic heterocycles. The molecule has 0 aliphatic carbocycles. The number of rotatable bonds is 4. The van der Waals surface area contributed by atoms with Crippen LogP contribution >= 0.6 is 0 Å². The molecular formula is C9H16N2. The highest BCUT2D eigenvalue weighted by molar-refractivity contribution is 4.95. The number of hydrogen-bond donors (Lipinski definition) is 1. The third-order valence-corrected chi connectivity index (χ3v) is 1.43. The van der Waals surface area contributed by atoms with Gasteiger partial charge in [0, 0.05) is 6.54 Å². The maximum absolute atomic E-state index is 8.28. The molecular weight excluding hydrogens is 136 g/mol. The van der Waals surface area contributed by atoms with Crippen molar-refractivity contribution in [3.8, 4) is 6.19 Å². The minimum Gasteiger partial charge on any atom is -0.323 e. The Bertz CT molecular complexity index is 174. The van der Waals surface area contributed by atoms with Gasteiger partial charge < -0.3 is 5.32 Å². The monoisotopic (exact) mass is 152 g/mol. The summed E-state index contributed by atoms with van der Waals surface area (Å²) in [5.74, 6) is 0. The molecule has 0 aromatic carbocycles. The van der Waals surface area contributed by atoms with Gasteiger partial charge in [0.2, 0.25) is 0 Å². The summed E-state index contributed by atoms with van der Waals surface area (Å²) in [6.07, 6.45) is 2.88. The molecule has 1 N–H and O–H groups in total. The highest BCUT2D eigenvalue weighted by Gasteiger charge is 2.16. The smallest absolute Gasteiger partial charge is 0.176 e. The van der Waals surface area contributed by atoms with Gasteiger partial charge in [0.15, 0.2) is 6.19 Å². The fourth-order valence-corrected chi connectivity index (χ4v) is 1.16. The number of allylic oxidation sites excluding steroid dienone is 1. The molecule has 0 unspecified atom stereocenters. The molecule has 0 atom stereocenters. The molecule has 0 bridgehead atoms. The van der Waals surface area contributed by atoms with Gasteiger partial charge in [0.05, 0.1) is 0 Å². The fourth-order valence-electron chi connectivity index (χ4n) is 1.16. The quantitative estimate of drug-likeness (QED) is 0.380. The zero-order valence-corrected chi connectivity index (χ0v) is 7.57. The van der Waals surface area contributed by atoms with Crippen LogP contribution in [0.5, 0.6) is 0 Å². The van der Waals surface area contributed by atoms with Crippen LogP contribution in [0.2, 0.25) is 0 Å². The van der Waals surface area contributed by atoms with E-state index in [1.54, 1.807) is 0 Å². The van der Waals surface area contributed by atoms with E-state index >= 15 is 0 Å². The van der Waals surface area contributed by atoms with Crippen molar-refractivity contribution < 1.29 is 0 Å². The van der Waals surface area contributed by atoms with Crippen molar-refractivity contribution in [3.63, 3.8) is 0 Å². The molecule has 2 nitrogen and oxygen atoms in total. The number of nitrogens with zero attached hydrogens (tertiary/aromatic N) is 1. The average molecular weight is 152 g/mol. The first-order valence-corrected chi connectivity index (χ1v) is 3.74. The summed E-state index contributed by atoms with van der Waals surface area (Å²) < 4.78 is 0. The van der Waals surface area contributed by atoms with Crippen LogP contribution in [0.4, 0.5) is 0 Å². The molecule has 0 aliphatic rings. The molecule has 0 saturated heterocycles. The Balaban J connectivity index is 3.81. The van der Waals surface area contributed by atoms with Crippen molar-refractivity contribution in [1.29, 1.82) is 5.26 Å². The van der Waals surface area contributed by atoms with E-state index in [-0.39, 0.29) is 5.41 Å². The zero-order valence-electron chi connectivity index (χ0n) is 7.57. The fraction of sp³-hybridized carbons (Fsp3) is 0.667. The second-order valence-electron chi connectivity index (χ2n) is 3.76. The van der Waals surface area contributed by atoms with Crippen LogP contribution in [-0.2, 0) is 0 Å². The number of nitriles is 1. The van der Waals surface area contributed by atoms with Gasteiger partial charge in [-0.2, -0.15) is 5.26 Å². The topological polar surface area (TPSA) is 35.8 Å². The predicted molar refractivity (Wildman–Crippen MR) is 46.8 cm³/mol. The Morgan fingerprint density at radius 1 is 1.64 bits per heavy atom. The summed E-state index contributed by atoms with van der Waals surface area (Å²) >= 11 is 0. The van der Waals surface area contributed by atoms with Gasteiger partial charge in [-0.25, -0.2) is 0 Å². The van der Waals surface area contributed by atoms with Gasteiger partial charge in [0.25, 0.3) is 0 Å². The van der Waals surface area contributed by atoms with Gasteiger partial charge in [-0.15, -0.1) is 6.58 Å². The lowest BCUT2D eigenvalue weighted by molar-refractivity contribution is 0.357. The Labute approximate surface area is 68.9 Å². The molecule has 0 fully saturated rings. The van der Waals surface area contributed by atoms with E-state index in [9.17, 15) is 0 Å². The van der Waals surface area contributed by atoms with Crippen LogP contribution in [-0.4, -0.2) is 6.54 Å². The van der Waals surface area contributed by atoms with Crippen LogP contribution < -0.4 is 5.32 Å². The van der Waals surface area contributed by atoms with E-state index in [1.807, 2.05) is 13.1 Å². The van der Waals surface area contributed by atoms with Crippen molar-refractivity contribution in [2.45, 2.75) is 27.2 Å².